The molecule has 6 aromatic heterocycles. The topological polar surface area (TPSA) is 355 Å². The first-order chi connectivity index (χ1) is 62.8. The summed E-state index contributed by atoms with van der Waals surface area (Å²) < 4.78 is 51.9. The molecule has 7 N–H and O–H groups in total. The van der Waals surface area contributed by atoms with Crippen molar-refractivity contribution in [2.24, 2.45) is 0 Å². The zero-order valence-corrected chi connectivity index (χ0v) is 88.3. The number of hydrogen-bond acceptors (Lipinski definition) is 24. The number of furan rings is 6. The monoisotopic (exact) mass is 1860 g/mol. The zero-order valence-electron chi connectivity index (χ0n) is 88.3. The summed E-state index contributed by atoms with van der Waals surface area (Å²) in [5.41, 5.74) is 0. The van der Waals surface area contributed by atoms with Gasteiger partial charge in [-0.1, -0.05) is 321 Å². The highest BCUT2D eigenvalue weighted by atomic mass is 17.1. The number of amides is 2. The number of methoxy groups -OCH3 is 3. The van der Waals surface area contributed by atoms with Crippen molar-refractivity contribution in [2.45, 2.75) is 468 Å². The lowest BCUT2D eigenvalue weighted by Gasteiger charge is -2.05. The van der Waals surface area contributed by atoms with E-state index in [2.05, 4.69) is 56.1 Å². The van der Waals surface area contributed by atoms with Crippen molar-refractivity contribution < 1.29 is 115 Å². The summed E-state index contributed by atoms with van der Waals surface area (Å²) in [6.07, 6.45) is 63.0. The van der Waals surface area contributed by atoms with E-state index in [0.29, 0.717) is 25.5 Å². The summed E-state index contributed by atoms with van der Waals surface area (Å²) in [5, 5.41) is 44.4. The molecule has 6 fully saturated rings. The van der Waals surface area contributed by atoms with Gasteiger partial charge in [0, 0.05) is 62.7 Å². The van der Waals surface area contributed by atoms with Crippen LogP contribution in [0.15, 0.2) is 137 Å². The Morgan fingerprint density at radius 2 is 0.500 bits per heavy atom. The highest BCUT2D eigenvalue weighted by Crippen LogP contribution is 2.19. The van der Waals surface area contributed by atoms with Crippen LogP contribution in [0, 0.1) is 0 Å². The van der Waals surface area contributed by atoms with Crippen molar-refractivity contribution in [1.82, 2.24) is 10.6 Å². The Balaban J connectivity index is -0.000000113. The van der Waals surface area contributed by atoms with Gasteiger partial charge in [0.25, 0.3) is 0 Å². The maximum Gasteiger partial charge on any atom is 0.376 e. The summed E-state index contributed by atoms with van der Waals surface area (Å²) in [7, 11) is 8.14. The van der Waals surface area contributed by atoms with E-state index >= 15 is 0 Å². The first-order valence-electron chi connectivity index (χ1n) is 49.0. The molecule has 772 valence electrons. The average Bonchev–Trinajstić information content (AvgIpc) is 1.77. The second-order valence-electron chi connectivity index (χ2n) is 28.9. The smallest absolute Gasteiger partial charge is 0.376 e. The summed E-state index contributed by atoms with van der Waals surface area (Å²) in [4.78, 5) is 56.9. The molecule has 6 aliphatic rings. The SMILES string of the molecule is C1CCCCC1.C1CCCCC1.C1CCCCC1.C1CCCCC1.C1CCCCC1.C1CCCCC1.CC.CC.CC.CC.CC.CC.CC(=O)NCc1ccco1.CC(=O)NCc1ccco1.CC(=O)OCc1ccco1.CC(C)OO.CC(C)OO.CC(C)OO.CC(C)OO.CC(O)OC(=O)c1ccco1.CCc1ccco1.COC.COC.COCc1ccco1. The van der Waals surface area contributed by atoms with Crippen molar-refractivity contribution in [3.05, 3.63) is 145 Å². The first kappa shape index (κ1) is 149. The van der Waals surface area contributed by atoms with E-state index in [1.165, 1.54) is 271 Å². The molecule has 0 aromatic carbocycles. The third kappa shape index (κ3) is 152. The van der Waals surface area contributed by atoms with Gasteiger partial charge in [-0.05, 0) is 135 Å². The molecular formula is C104H202N2O24. The van der Waals surface area contributed by atoms with Crippen LogP contribution in [-0.4, -0.2) is 116 Å². The highest BCUT2D eigenvalue weighted by Gasteiger charge is 2.12. The minimum absolute atomic E-state index is 0.0450. The number of carbonyl (C=O) groups is 4. The van der Waals surface area contributed by atoms with Crippen LogP contribution in [0.2, 0.25) is 0 Å². The predicted molar refractivity (Wildman–Crippen MR) is 536 cm³/mol. The molecule has 26 nitrogen and oxygen atoms in total. The molecule has 1 unspecified atom stereocenters. The number of carbonyl (C=O) groups excluding carboxylic acids is 4. The highest BCUT2D eigenvalue weighted by molar-refractivity contribution is 5.86. The van der Waals surface area contributed by atoms with Crippen LogP contribution in [0.5, 0.6) is 0 Å². The molecule has 0 spiro atoms. The van der Waals surface area contributed by atoms with Crippen LogP contribution >= 0.6 is 0 Å². The van der Waals surface area contributed by atoms with Gasteiger partial charge >= 0.3 is 11.9 Å². The molecular weight excluding hydrogens is 1660 g/mol. The first-order valence-corrected chi connectivity index (χ1v) is 49.0. The van der Waals surface area contributed by atoms with Gasteiger partial charge in [0.1, 0.15) is 42.0 Å². The van der Waals surface area contributed by atoms with E-state index in [0.717, 1.165) is 29.5 Å². The fraction of sp³-hybridized carbons (Fsp3) is 0.731. The molecule has 6 aromatic rings. The number of aryl methyl sites for hydroxylation is 1. The second kappa shape index (κ2) is 138. The predicted octanol–water partition coefficient (Wildman–Crippen LogP) is 31.5. The Morgan fingerprint density at radius 3 is 0.638 bits per heavy atom. The summed E-state index contributed by atoms with van der Waals surface area (Å²) in [5.74, 6) is 3.17. The fourth-order valence-electron chi connectivity index (χ4n) is 9.84. The van der Waals surface area contributed by atoms with Gasteiger partial charge in [0.2, 0.25) is 17.6 Å². The lowest BCUT2D eigenvalue weighted by atomic mass is 10.0. The van der Waals surface area contributed by atoms with Crippen LogP contribution in [0.3, 0.4) is 0 Å². The Hall–Kier alpha value is -6.92. The molecule has 6 heterocycles. The van der Waals surface area contributed by atoms with Crippen molar-refractivity contribution in [3.63, 3.8) is 0 Å². The van der Waals surface area contributed by atoms with Gasteiger partial charge in [-0.2, -0.15) is 0 Å². The lowest BCUT2D eigenvalue weighted by molar-refractivity contribution is -0.269. The minimum atomic E-state index is -1.10. The van der Waals surface area contributed by atoms with Crippen LogP contribution in [0.25, 0.3) is 0 Å². The fourth-order valence-corrected chi connectivity index (χ4v) is 9.84. The minimum Gasteiger partial charge on any atom is -0.469 e. The number of aliphatic hydroxyl groups is 1. The third-order valence-electron chi connectivity index (χ3n) is 15.8. The van der Waals surface area contributed by atoms with Gasteiger partial charge in [0.05, 0.1) is 75.1 Å². The molecule has 2 amide bonds. The van der Waals surface area contributed by atoms with Crippen LogP contribution in [-0.2, 0) is 90.3 Å². The van der Waals surface area contributed by atoms with Gasteiger partial charge in [-0.3, -0.25) is 35.4 Å². The quantitative estimate of drug-likeness (QED) is 0.0217. The van der Waals surface area contributed by atoms with Crippen molar-refractivity contribution in [2.75, 3.05) is 35.5 Å². The second-order valence-corrected chi connectivity index (χ2v) is 28.9. The van der Waals surface area contributed by atoms with Crippen LogP contribution in [0.1, 0.15) is 444 Å². The Labute approximate surface area is 793 Å². The van der Waals surface area contributed by atoms with Gasteiger partial charge < -0.3 is 65.9 Å². The molecule has 1 atom stereocenters. The van der Waals surface area contributed by atoms with Crippen LogP contribution < -0.4 is 10.6 Å². The Morgan fingerprint density at radius 1 is 0.315 bits per heavy atom. The van der Waals surface area contributed by atoms with Gasteiger partial charge in [0.15, 0.2) is 6.29 Å². The van der Waals surface area contributed by atoms with E-state index in [1.807, 2.05) is 119 Å². The molecule has 12 rings (SSSR count). The molecule has 0 saturated heterocycles. The zero-order chi connectivity index (χ0) is 101. The summed E-state index contributed by atoms with van der Waals surface area (Å²) >= 11 is 0. The molecule has 0 bridgehead atoms. The van der Waals surface area contributed by atoms with E-state index in [1.54, 1.807) is 153 Å². The largest absolute Gasteiger partial charge is 0.469 e. The molecule has 0 radical (unpaired) electrons. The van der Waals surface area contributed by atoms with E-state index in [9.17, 15) is 19.2 Å². The van der Waals surface area contributed by atoms with Gasteiger partial charge in [-0.15, -0.1) is 0 Å². The van der Waals surface area contributed by atoms with Crippen molar-refractivity contribution >= 4 is 23.8 Å². The van der Waals surface area contributed by atoms with Gasteiger partial charge in [-0.25, -0.2) is 24.3 Å². The number of esters is 2. The maximum absolute atomic E-state index is 10.8. The molecule has 130 heavy (non-hydrogen) atoms. The van der Waals surface area contributed by atoms with Crippen molar-refractivity contribution in [3.8, 4) is 0 Å². The number of rotatable bonds is 15. The normalized spacial score (nSPS) is 13.0. The van der Waals surface area contributed by atoms with E-state index < -0.39 is 12.3 Å². The summed E-state index contributed by atoms with van der Waals surface area (Å²) in [6, 6.07) is 21.3. The summed E-state index contributed by atoms with van der Waals surface area (Å²) in [6.45, 7) is 47.5. The molecule has 26 heteroatoms. The number of nitrogens with one attached hydrogen (secondary N) is 2. The average molecular weight is 1860 g/mol. The number of aliphatic hydroxyl groups excluding tert-OH is 1. The van der Waals surface area contributed by atoms with Crippen LogP contribution in [0.4, 0.5) is 0 Å². The molecule has 0 aliphatic heterocycles. The van der Waals surface area contributed by atoms with E-state index in [4.69, 9.17) is 57.4 Å². The maximum atomic E-state index is 10.8. The molecule has 6 saturated carbocycles. The molecule has 6 aliphatic carbocycles. The number of hydrogen-bond donors (Lipinski definition) is 7. The third-order valence-corrected chi connectivity index (χ3v) is 15.8. The Bertz CT molecular complexity index is 2420. The Kier molecular flexibility index (Phi) is 157. The number of ether oxygens (including phenoxy) is 5. The standard InChI is InChI=1S/2C7H9NO2.C7H8O4.C7H8O3.C6H8O2.C6H8O.6C6H12.4C3H8O2.2C2H6O.6C2H6/c2*1-6(9)8-5-7-3-2-4-10-7;1-5(8)11-7(9)6-3-2-4-10-6;1-6(8)10-5-7-3-2-4-9-7;1-7-5-6-3-2-4-8-6;1-2-6-4-3-5-7-6;6*1-2-4-6-5-3-1;4*1-3(2)5-4;2*1-3-2;6*1-2/h2*2-4H,5H2,1H3,(H,8,9);2-5,8H,1H3;2-4H,5H2,1H3;2-4H,5H2,1H3;3-5H,2H2,1H3;6*1-6H2;4*3-4H,1-2H3;2*1-2H3;6*1-2H3. The van der Waals surface area contributed by atoms with Crippen molar-refractivity contribution in [1.29, 1.82) is 0 Å². The lowest BCUT2D eigenvalue weighted by Crippen LogP contribution is -2.18. The van der Waals surface area contributed by atoms with E-state index in [-0.39, 0.29) is 54.6 Å².